The summed E-state index contributed by atoms with van der Waals surface area (Å²) in [6.07, 6.45) is 0. The number of amidine groups is 1. The lowest BCUT2D eigenvalue weighted by molar-refractivity contribution is 0.355. The molecule has 2 aromatic carbocycles. The van der Waals surface area contributed by atoms with Gasteiger partial charge in [-0.05, 0) is 35.9 Å². The van der Waals surface area contributed by atoms with E-state index in [4.69, 9.17) is 9.47 Å². The van der Waals surface area contributed by atoms with E-state index in [0.717, 1.165) is 22.0 Å². The van der Waals surface area contributed by atoms with E-state index in [-0.39, 0.29) is 5.82 Å². The number of ether oxygens (including phenoxy) is 2. The Morgan fingerprint density at radius 2 is 1.88 bits per heavy atom. The van der Waals surface area contributed by atoms with Crippen LogP contribution >= 0.6 is 11.8 Å². The highest BCUT2D eigenvalue weighted by Gasteiger charge is 2.15. The third kappa shape index (κ3) is 4.30. The lowest BCUT2D eigenvalue weighted by Gasteiger charge is -2.16. The first kappa shape index (κ1) is 17.3. The van der Waals surface area contributed by atoms with Gasteiger partial charge in [0.2, 0.25) is 0 Å². The van der Waals surface area contributed by atoms with Crippen LogP contribution in [0.1, 0.15) is 11.1 Å². The van der Waals surface area contributed by atoms with Crippen molar-refractivity contribution in [3.05, 3.63) is 59.4 Å². The molecule has 0 atom stereocenters. The van der Waals surface area contributed by atoms with Gasteiger partial charge in [-0.3, -0.25) is 10.4 Å². The van der Waals surface area contributed by atoms with Crippen LogP contribution in [0, 0.1) is 5.82 Å². The van der Waals surface area contributed by atoms with Crippen LogP contribution in [0.3, 0.4) is 0 Å². The third-order valence-electron chi connectivity index (χ3n) is 3.67. The van der Waals surface area contributed by atoms with Gasteiger partial charge in [0.05, 0.1) is 26.5 Å². The number of thioether (sulfide) groups is 1. The zero-order chi connectivity index (χ0) is 17.6. The molecule has 0 saturated heterocycles. The van der Waals surface area contributed by atoms with Crippen molar-refractivity contribution in [1.82, 2.24) is 5.43 Å². The van der Waals surface area contributed by atoms with Crippen molar-refractivity contribution in [1.29, 1.82) is 0 Å². The van der Waals surface area contributed by atoms with E-state index in [1.807, 2.05) is 18.2 Å². The summed E-state index contributed by atoms with van der Waals surface area (Å²) in [7, 11) is 3.22. The Morgan fingerprint density at radius 1 is 1.12 bits per heavy atom. The summed E-state index contributed by atoms with van der Waals surface area (Å²) in [6.45, 7) is 0.483. The van der Waals surface area contributed by atoms with Crippen LogP contribution in [0.4, 0.5) is 4.39 Å². The second kappa shape index (κ2) is 8.02. The van der Waals surface area contributed by atoms with Crippen LogP contribution in [-0.2, 0) is 6.54 Å². The van der Waals surface area contributed by atoms with Gasteiger partial charge in [0, 0.05) is 11.3 Å². The fraction of sp³-hybridized carbons (Fsp3) is 0.222. The Labute approximate surface area is 149 Å². The molecule has 25 heavy (non-hydrogen) atoms. The van der Waals surface area contributed by atoms with Gasteiger partial charge >= 0.3 is 0 Å². The average Bonchev–Trinajstić information content (AvgIpc) is 2.67. The normalized spacial score (nSPS) is 15.5. The Hall–Kier alpha value is -2.54. The predicted molar refractivity (Wildman–Crippen MR) is 99.2 cm³/mol. The molecule has 1 heterocycles. The molecule has 0 unspecified atom stereocenters. The minimum absolute atomic E-state index is 0.245. The predicted octanol–water partition coefficient (Wildman–Crippen LogP) is 3.44. The van der Waals surface area contributed by atoms with Gasteiger partial charge < -0.3 is 9.47 Å². The highest BCUT2D eigenvalue weighted by Crippen LogP contribution is 2.28. The number of methoxy groups -OCH3 is 2. The summed E-state index contributed by atoms with van der Waals surface area (Å²) in [6, 6.07) is 12.0. The molecule has 3 rings (SSSR count). The SMILES string of the molecule is COc1ccc(C2=NNC(=NCc3ccc(F)cc3)SC2)cc1OC. The molecule has 130 valence electrons. The highest BCUT2D eigenvalue weighted by atomic mass is 32.2. The molecular weight excluding hydrogens is 341 g/mol. The Morgan fingerprint density at radius 3 is 2.52 bits per heavy atom. The molecular formula is C18H18FN3O2S. The van der Waals surface area contributed by atoms with Crippen molar-refractivity contribution in [3.63, 3.8) is 0 Å². The topological polar surface area (TPSA) is 55.2 Å². The Kier molecular flexibility index (Phi) is 5.55. The molecule has 0 fully saturated rings. The molecule has 5 nitrogen and oxygen atoms in total. The van der Waals surface area contributed by atoms with Gasteiger partial charge in [-0.1, -0.05) is 23.9 Å². The fourth-order valence-corrected chi connectivity index (χ4v) is 3.08. The van der Waals surface area contributed by atoms with Gasteiger partial charge in [-0.15, -0.1) is 0 Å². The summed E-state index contributed by atoms with van der Waals surface area (Å²) in [5, 5.41) is 5.14. The van der Waals surface area contributed by atoms with Crippen LogP contribution in [-0.4, -0.2) is 30.9 Å². The standard InChI is InChI=1S/C18H18FN3O2S/c1-23-16-8-5-13(9-17(16)24-2)15-11-25-18(22-21-15)20-10-12-3-6-14(19)7-4-12/h3-9H,10-11H2,1-2H3,(H,20,22). The van der Waals surface area contributed by atoms with Gasteiger partial charge in [-0.2, -0.15) is 5.10 Å². The van der Waals surface area contributed by atoms with Crippen molar-refractivity contribution in [3.8, 4) is 11.5 Å². The van der Waals surface area contributed by atoms with Gasteiger partial charge in [0.25, 0.3) is 0 Å². The van der Waals surface area contributed by atoms with Crippen molar-refractivity contribution < 1.29 is 13.9 Å². The smallest absolute Gasteiger partial charge is 0.177 e. The summed E-state index contributed by atoms with van der Waals surface area (Å²) < 4.78 is 23.5. The second-order valence-corrected chi connectivity index (χ2v) is 6.24. The molecule has 0 aliphatic carbocycles. The minimum atomic E-state index is -0.245. The largest absolute Gasteiger partial charge is 0.493 e. The number of aliphatic imine (C=N–C) groups is 1. The van der Waals surface area contributed by atoms with Crippen molar-refractivity contribution in [2.24, 2.45) is 10.1 Å². The zero-order valence-electron chi connectivity index (χ0n) is 14.0. The van der Waals surface area contributed by atoms with E-state index in [1.165, 1.54) is 12.1 Å². The summed E-state index contributed by atoms with van der Waals surface area (Å²) in [5.74, 6) is 1.81. The Balaban J connectivity index is 1.67. The summed E-state index contributed by atoms with van der Waals surface area (Å²) in [4.78, 5) is 4.47. The molecule has 1 aliphatic rings. The Bertz CT molecular complexity index is 806. The van der Waals surface area contributed by atoms with Crippen molar-refractivity contribution in [2.75, 3.05) is 20.0 Å². The molecule has 0 aromatic heterocycles. The first-order valence-electron chi connectivity index (χ1n) is 7.66. The molecule has 0 bridgehead atoms. The van der Waals surface area contributed by atoms with E-state index in [2.05, 4.69) is 15.5 Å². The van der Waals surface area contributed by atoms with E-state index >= 15 is 0 Å². The lowest BCUT2D eigenvalue weighted by atomic mass is 10.1. The maximum Gasteiger partial charge on any atom is 0.177 e. The van der Waals surface area contributed by atoms with Crippen LogP contribution in [0.5, 0.6) is 11.5 Å². The van der Waals surface area contributed by atoms with E-state index < -0.39 is 0 Å². The average molecular weight is 359 g/mol. The maximum atomic E-state index is 12.9. The number of nitrogens with one attached hydrogen (secondary N) is 1. The van der Waals surface area contributed by atoms with Gasteiger partial charge in [-0.25, -0.2) is 4.39 Å². The van der Waals surface area contributed by atoms with E-state index in [9.17, 15) is 4.39 Å². The molecule has 0 spiro atoms. The quantitative estimate of drug-likeness (QED) is 0.889. The molecule has 2 aromatic rings. The molecule has 0 saturated carbocycles. The van der Waals surface area contributed by atoms with Crippen molar-refractivity contribution in [2.45, 2.75) is 6.54 Å². The number of nitrogens with zero attached hydrogens (tertiary/aromatic N) is 2. The fourth-order valence-electron chi connectivity index (χ4n) is 2.31. The van der Waals surface area contributed by atoms with E-state index in [1.54, 1.807) is 38.1 Å². The maximum absolute atomic E-state index is 12.9. The monoisotopic (exact) mass is 359 g/mol. The molecule has 0 amide bonds. The number of halogens is 1. The lowest BCUT2D eigenvalue weighted by Crippen LogP contribution is -2.25. The molecule has 7 heteroatoms. The number of hydrazone groups is 1. The van der Waals surface area contributed by atoms with Crippen LogP contribution in [0.15, 0.2) is 52.6 Å². The molecule has 0 radical (unpaired) electrons. The highest BCUT2D eigenvalue weighted by molar-refractivity contribution is 8.14. The van der Waals surface area contributed by atoms with Crippen LogP contribution in [0.2, 0.25) is 0 Å². The zero-order valence-corrected chi connectivity index (χ0v) is 14.8. The van der Waals surface area contributed by atoms with Crippen LogP contribution < -0.4 is 14.9 Å². The minimum Gasteiger partial charge on any atom is -0.493 e. The van der Waals surface area contributed by atoms with Gasteiger partial charge in [0.15, 0.2) is 16.7 Å². The number of hydrogen-bond acceptors (Lipinski definition) is 5. The second-order valence-electron chi connectivity index (χ2n) is 5.28. The molecule has 1 aliphatic heterocycles. The molecule has 1 N–H and O–H groups in total. The van der Waals surface area contributed by atoms with E-state index in [0.29, 0.717) is 23.8 Å². The van der Waals surface area contributed by atoms with Gasteiger partial charge in [0.1, 0.15) is 5.82 Å². The first-order chi connectivity index (χ1) is 12.2. The van der Waals surface area contributed by atoms with Crippen LogP contribution in [0.25, 0.3) is 0 Å². The first-order valence-corrected chi connectivity index (χ1v) is 8.65. The van der Waals surface area contributed by atoms with Crippen molar-refractivity contribution >= 4 is 22.6 Å². The number of hydrogen-bond donors (Lipinski definition) is 1. The number of benzene rings is 2. The summed E-state index contributed by atoms with van der Waals surface area (Å²) >= 11 is 1.57. The summed E-state index contributed by atoms with van der Waals surface area (Å²) in [5.41, 5.74) is 5.80. The third-order valence-corrected chi connectivity index (χ3v) is 4.58. The number of rotatable bonds is 5.